The minimum Gasteiger partial charge on any atom is -0.351 e. The Labute approximate surface area is 138 Å². The third-order valence-electron chi connectivity index (χ3n) is 3.74. The second-order valence-corrected chi connectivity index (χ2v) is 5.36. The zero-order chi connectivity index (χ0) is 16.9. The molecule has 7 heteroatoms. The molecule has 0 aliphatic heterocycles. The highest BCUT2D eigenvalue weighted by atomic mass is 16.2. The van der Waals surface area contributed by atoms with E-state index in [9.17, 15) is 9.59 Å². The molecule has 3 rings (SSSR count). The number of amides is 2. The summed E-state index contributed by atoms with van der Waals surface area (Å²) in [4.78, 5) is 31.3. The van der Waals surface area contributed by atoms with Gasteiger partial charge in [-0.15, -0.1) is 0 Å². The largest absolute Gasteiger partial charge is 0.351 e. The van der Waals surface area contributed by atoms with Crippen LogP contribution in [-0.2, 0) is 11.2 Å². The van der Waals surface area contributed by atoms with Crippen molar-refractivity contribution in [2.45, 2.75) is 12.5 Å². The molecule has 2 amide bonds. The van der Waals surface area contributed by atoms with Crippen molar-refractivity contribution in [3.05, 3.63) is 66.2 Å². The summed E-state index contributed by atoms with van der Waals surface area (Å²) in [6.07, 6.45) is 3.42. The fourth-order valence-electron chi connectivity index (χ4n) is 2.49. The number of nitrogens with zero attached hydrogens (tertiary/aromatic N) is 1. The van der Waals surface area contributed by atoms with Crippen molar-refractivity contribution in [1.29, 1.82) is 0 Å². The summed E-state index contributed by atoms with van der Waals surface area (Å²) < 4.78 is 0. The quantitative estimate of drug-likeness (QED) is 0.317. The number of benzene rings is 2. The molecule has 5 N–H and O–H groups in total. The van der Waals surface area contributed by atoms with Gasteiger partial charge in [-0.2, -0.15) is 0 Å². The number of rotatable bonds is 5. The molecular formula is C17H17N5O2. The van der Waals surface area contributed by atoms with Gasteiger partial charge >= 0.3 is 0 Å². The molecule has 0 fully saturated rings. The van der Waals surface area contributed by atoms with Gasteiger partial charge in [-0.3, -0.25) is 15.0 Å². The van der Waals surface area contributed by atoms with Crippen LogP contribution in [0.2, 0.25) is 0 Å². The summed E-state index contributed by atoms with van der Waals surface area (Å²) in [5, 5.41) is 4.70. The topological polar surface area (TPSA) is 113 Å². The lowest BCUT2D eigenvalue weighted by Gasteiger charge is -2.16. The van der Waals surface area contributed by atoms with Crippen molar-refractivity contribution in [1.82, 2.24) is 20.7 Å². The van der Waals surface area contributed by atoms with Crippen LogP contribution in [0.1, 0.15) is 16.1 Å². The van der Waals surface area contributed by atoms with Crippen LogP contribution in [0.15, 0.2) is 55.0 Å². The number of hydrazine groups is 1. The number of hydrogen-bond donors (Lipinski definition) is 4. The van der Waals surface area contributed by atoms with E-state index >= 15 is 0 Å². The highest BCUT2D eigenvalue weighted by Gasteiger charge is 2.22. The average Bonchev–Trinajstić information content (AvgIpc) is 3.13. The van der Waals surface area contributed by atoms with Crippen molar-refractivity contribution in [3.63, 3.8) is 0 Å². The Morgan fingerprint density at radius 3 is 2.67 bits per heavy atom. The first-order valence-electron chi connectivity index (χ1n) is 7.45. The van der Waals surface area contributed by atoms with E-state index in [0.717, 1.165) is 10.8 Å². The van der Waals surface area contributed by atoms with Crippen molar-refractivity contribution in [2.75, 3.05) is 0 Å². The second-order valence-electron chi connectivity index (χ2n) is 5.36. The normalized spacial score (nSPS) is 11.9. The molecule has 7 nitrogen and oxygen atoms in total. The Hall–Kier alpha value is -3.19. The zero-order valence-electron chi connectivity index (χ0n) is 12.8. The van der Waals surface area contributed by atoms with Crippen LogP contribution in [0.4, 0.5) is 0 Å². The average molecular weight is 323 g/mol. The lowest BCUT2D eigenvalue weighted by atomic mass is 10.1. The molecule has 1 heterocycles. The number of aromatic amines is 1. The Bertz CT molecular complexity index is 860. The van der Waals surface area contributed by atoms with Crippen LogP contribution in [0.5, 0.6) is 0 Å². The Balaban J connectivity index is 1.79. The summed E-state index contributed by atoms with van der Waals surface area (Å²) in [7, 11) is 0. The number of carbonyl (C=O) groups excluding carboxylic acids is 2. The minimum atomic E-state index is -0.808. The Kier molecular flexibility index (Phi) is 4.53. The van der Waals surface area contributed by atoms with Gasteiger partial charge in [0.2, 0.25) is 0 Å². The third-order valence-corrected chi connectivity index (χ3v) is 3.74. The van der Waals surface area contributed by atoms with Gasteiger partial charge in [0, 0.05) is 18.2 Å². The van der Waals surface area contributed by atoms with Gasteiger partial charge in [-0.25, -0.2) is 10.8 Å². The fraction of sp³-hybridized carbons (Fsp3) is 0.118. The van der Waals surface area contributed by atoms with Gasteiger partial charge in [0.15, 0.2) is 0 Å². The first kappa shape index (κ1) is 15.7. The standard InChI is InChI=1S/C17H17N5O2/c18-22-17(24)15(8-14-9-19-10-20-14)21-16(23)13-6-5-11-3-1-2-4-12(11)7-13/h1-7,9-10,15H,8,18H2,(H,19,20)(H,21,23)(H,22,24)/t15-/m0/s1. The molecule has 1 aromatic heterocycles. The predicted molar refractivity (Wildman–Crippen MR) is 89.8 cm³/mol. The molecule has 0 aliphatic carbocycles. The van der Waals surface area contributed by atoms with Gasteiger partial charge in [0.05, 0.1) is 12.0 Å². The molecule has 0 saturated heterocycles. The van der Waals surface area contributed by atoms with Crippen LogP contribution in [0, 0.1) is 0 Å². The molecule has 122 valence electrons. The van der Waals surface area contributed by atoms with Crippen LogP contribution in [0.3, 0.4) is 0 Å². The van der Waals surface area contributed by atoms with Crippen LogP contribution < -0.4 is 16.6 Å². The van der Waals surface area contributed by atoms with E-state index in [1.165, 1.54) is 6.33 Å². The van der Waals surface area contributed by atoms with Crippen LogP contribution in [-0.4, -0.2) is 27.8 Å². The number of hydrogen-bond acceptors (Lipinski definition) is 4. The van der Waals surface area contributed by atoms with Gasteiger partial charge < -0.3 is 10.3 Å². The summed E-state index contributed by atoms with van der Waals surface area (Å²) in [5.74, 6) is 4.39. The monoisotopic (exact) mass is 323 g/mol. The summed E-state index contributed by atoms with van der Waals surface area (Å²) in [5.41, 5.74) is 3.20. The molecule has 0 spiro atoms. The van der Waals surface area contributed by atoms with Gasteiger partial charge in [0.25, 0.3) is 11.8 Å². The van der Waals surface area contributed by atoms with Crippen molar-refractivity contribution >= 4 is 22.6 Å². The molecule has 0 bridgehead atoms. The van der Waals surface area contributed by atoms with E-state index in [0.29, 0.717) is 11.3 Å². The fourth-order valence-corrected chi connectivity index (χ4v) is 2.49. The molecule has 1 atom stereocenters. The second kappa shape index (κ2) is 6.93. The molecule has 0 saturated carbocycles. The molecule has 0 aliphatic rings. The number of imidazole rings is 1. The first-order valence-corrected chi connectivity index (χ1v) is 7.45. The molecule has 0 radical (unpaired) electrons. The van der Waals surface area contributed by atoms with Gasteiger partial charge in [0.1, 0.15) is 6.04 Å². The molecular weight excluding hydrogens is 306 g/mol. The SMILES string of the molecule is NNC(=O)[C@H](Cc1c[nH]cn1)NC(=O)c1ccc2ccccc2c1. The van der Waals surface area contributed by atoms with E-state index < -0.39 is 11.9 Å². The van der Waals surface area contributed by atoms with Gasteiger partial charge in [-0.05, 0) is 22.9 Å². The first-order chi connectivity index (χ1) is 11.7. The third kappa shape index (κ3) is 3.41. The van der Waals surface area contributed by atoms with Crippen LogP contribution in [0.25, 0.3) is 10.8 Å². The Morgan fingerprint density at radius 1 is 1.17 bits per heavy atom. The smallest absolute Gasteiger partial charge is 0.256 e. The molecule has 0 unspecified atom stereocenters. The summed E-state index contributed by atoms with van der Waals surface area (Å²) in [6, 6.07) is 12.3. The van der Waals surface area contributed by atoms with Crippen molar-refractivity contribution < 1.29 is 9.59 Å². The number of H-pyrrole nitrogens is 1. The number of nitrogens with one attached hydrogen (secondary N) is 3. The predicted octanol–water partition coefficient (Wildman–Crippen LogP) is 0.894. The van der Waals surface area contributed by atoms with E-state index in [2.05, 4.69) is 20.7 Å². The maximum absolute atomic E-state index is 12.5. The van der Waals surface area contributed by atoms with E-state index in [-0.39, 0.29) is 12.3 Å². The number of fused-ring (bicyclic) bond motifs is 1. The number of nitrogens with two attached hydrogens (primary N) is 1. The minimum absolute atomic E-state index is 0.242. The maximum Gasteiger partial charge on any atom is 0.256 e. The molecule has 2 aromatic carbocycles. The zero-order valence-corrected chi connectivity index (χ0v) is 12.8. The highest BCUT2D eigenvalue weighted by molar-refractivity contribution is 6.00. The van der Waals surface area contributed by atoms with E-state index in [1.807, 2.05) is 30.3 Å². The van der Waals surface area contributed by atoms with E-state index in [4.69, 9.17) is 5.84 Å². The Morgan fingerprint density at radius 2 is 1.96 bits per heavy atom. The van der Waals surface area contributed by atoms with Crippen LogP contribution >= 0.6 is 0 Å². The maximum atomic E-state index is 12.5. The summed E-state index contributed by atoms with van der Waals surface area (Å²) in [6.45, 7) is 0. The molecule has 24 heavy (non-hydrogen) atoms. The molecule has 3 aromatic rings. The highest BCUT2D eigenvalue weighted by Crippen LogP contribution is 2.15. The lowest BCUT2D eigenvalue weighted by molar-refractivity contribution is -0.123. The van der Waals surface area contributed by atoms with E-state index in [1.54, 1.807) is 18.3 Å². The number of aromatic nitrogens is 2. The van der Waals surface area contributed by atoms with Crippen molar-refractivity contribution in [3.8, 4) is 0 Å². The van der Waals surface area contributed by atoms with Crippen molar-refractivity contribution in [2.24, 2.45) is 5.84 Å². The number of carbonyl (C=O) groups is 2. The van der Waals surface area contributed by atoms with Gasteiger partial charge in [-0.1, -0.05) is 30.3 Å². The lowest BCUT2D eigenvalue weighted by Crippen LogP contribution is -2.50. The summed E-state index contributed by atoms with van der Waals surface area (Å²) >= 11 is 0.